The summed E-state index contributed by atoms with van der Waals surface area (Å²) in [7, 11) is 3.11. The fourth-order valence-corrected chi connectivity index (χ4v) is 4.34. The molecule has 36 heavy (non-hydrogen) atoms. The quantitative estimate of drug-likeness (QED) is 0.265. The van der Waals surface area contributed by atoms with E-state index in [-0.39, 0.29) is 11.7 Å². The lowest BCUT2D eigenvalue weighted by molar-refractivity contribution is -0.113. The number of methoxy groups -OCH3 is 2. The number of halogens is 1. The van der Waals surface area contributed by atoms with Gasteiger partial charge in [-0.25, -0.2) is 0 Å². The van der Waals surface area contributed by atoms with E-state index in [9.17, 15) is 4.79 Å². The molecule has 3 aromatic carbocycles. The third kappa shape index (κ3) is 5.92. The van der Waals surface area contributed by atoms with E-state index in [4.69, 9.17) is 25.8 Å². The Morgan fingerprint density at radius 2 is 1.69 bits per heavy atom. The minimum Gasteiger partial charge on any atom is -0.497 e. The van der Waals surface area contributed by atoms with Gasteiger partial charge in [0, 0.05) is 22.3 Å². The average molecular weight is 525 g/mol. The lowest BCUT2D eigenvalue weighted by Crippen LogP contribution is -2.15. The van der Waals surface area contributed by atoms with Crippen LogP contribution in [0.25, 0.3) is 17.1 Å². The zero-order valence-electron chi connectivity index (χ0n) is 20.0. The van der Waals surface area contributed by atoms with Crippen molar-refractivity contribution in [3.05, 3.63) is 71.8 Å². The second kappa shape index (κ2) is 11.8. The monoisotopic (exact) mass is 524 g/mol. The Kier molecular flexibility index (Phi) is 8.35. The molecule has 0 spiro atoms. The molecule has 0 saturated carbocycles. The van der Waals surface area contributed by atoms with Crippen molar-refractivity contribution < 1.29 is 19.0 Å². The number of hydrogen-bond acceptors (Lipinski definition) is 7. The largest absolute Gasteiger partial charge is 0.497 e. The van der Waals surface area contributed by atoms with Gasteiger partial charge in [0.15, 0.2) is 11.0 Å². The molecule has 0 aliphatic heterocycles. The van der Waals surface area contributed by atoms with Crippen molar-refractivity contribution in [1.82, 2.24) is 14.8 Å². The van der Waals surface area contributed by atoms with Crippen LogP contribution >= 0.6 is 23.4 Å². The van der Waals surface area contributed by atoms with Crippen molar-refractivity contribution in [2.75, 3.05) is 31.9 Å². The van der Waals surface area contributed by atoms with Crippen molar-refractivity contribution in [1.29, 1.82) is 0 Å². The van der Waals surface area contributed by atoms with Crippen LogP contribution in [0.3, 0.4) is 0 Å². The molecule has 1 aromatic heterocycles. The van der Waals surface area contributed by atoms with E-state index < -0.39 is 0 Å². The van der Waals surface area contributed by atoms with E-state index >= 15 is 0 Å². The average Bonchev–Trinajstić information content (AvgIpc) is 3.32. The molecular weight excluding hydrogens is 500 g/mol. The normalized spacial score (nSPS) is 10.7. The van der Waals surface area contributed by atoms with Gasteiger partial charge in [0.25, 0.3) is 0 Å². The Morgan fingerprint density at radius 1 is 0.972 bits per heavy atom. The Bertz CT molecular complexity index is 1330. The van der Waals surface area contributed by atoms with E-state index in [1.807, 2.05) is 47.9 Å². The summed E-state index contributed by atoms with van der Waals surface area (Å²) < 4.78 is 18.1. The molecule has 1 N–H and O–H groups in total. The van der Waals surface area contributed by atoms with E-state index in [0.717, 1.165) is 17.0 Å². The van der Waals surface area contributed by atoms with E-state index in [1.54, 1.807) is 37.4 Å². The first kappa shape index (κ1) is 25.4. The zero-order chi connectivity index (χ0) is 25.5. The maximum absolute atomic E-state index is 12.8. The molecule has 0 atom stereocenters. The van der Waals surface area contributed by atoms with Gasteiger partial charge in [0.2, 0.25) is 5.91 Å². The molecular formula is C26H25ClN4O4S. The second-order valence-electron chi connectivity index (χ2n) is 7.48. The Hall–Kier alpha value is -3.69. The van der Waals surface area contributed by atoms with Crippen LogP contribution in [0.5, 0.6) is 17.2 Å². The van der Waals surface area contributed by atoms with Crippen molar-refractivity contribution >= 4 is 35.0 Å². The van der Waals surface area contributed by atoms with Crippen LogP contribution in [0.2, 0.25) is 5.02 Å². The lowest BCUT2D eigenvalue weighted by atomic mass is 10.2. The first-order chi connectivity index (χ1) is 17.5. The highest BCUT2D eigenvalue weighted by Crippen LogP contribution is 2.31. The highest BCUT2D eigenvalue weighted by atomic mass is 35.5. The fraction of sp³-hybridized carbons (Fsp3) is 0.192. The molecule has 8 nitrogen and oxygen atoms in total. The minimum atomic E-state index is -0.210. The Balaban J connectivity index is 1.58. The smallest absolute Gasteiger partial charge is 0.234 e. The number of rotatable bonds is 10. The van der Waals surface area contributed by atoms with Crippen LogP contribution in [0, 0.1) is 0 Å². The molecule has 0 bridgehead atoms. The van der Waals surface area contributed by atoms with Crippen molar-refractivity contribution in [2.24, 2.45) is 0 Å². The van der Waals surface area contributed by atoms with Crippen molar-refractivity contribution in [3.63, 3.8) is 0 Å². The molecule has 0 aliphatic carbocycles. The summed E-state index contributed by atoms with van der Waals surface area (Å²) in [6.45, 7) is 2.52. The molecule has 1 heterocycles. The number of thioether (sulfide) groups is 1. The third-order valence-corrected chi connectivity index (χ3v) is 6.34. The maximum Gasteiger partial charge on any atom is 0.234 e. The number of carbonyl (C=O) groups excluding carboxylic acids is 1. The molecule has 10 heteroatoms. The number of benzene rings is 3. The number of aromatic nitrogens is 3. The SMILES string of the molecule is CCOc1ccc(-n2c(SCC(=O)Nc3ccc(OC)cc3OC)nnc2-c2ccc(Cl)cc2)cc1. The lowest BCUT2D eigenvalue weighted by Gasteiger charge is -2.13. The molecule has 0 radical (unpaired) electrons. The van der Waals surface area contributed by atoms with Gasteiger partial charge in [-0.15, -0.1) is 10.2 Å². The van der Waals surface area contributed by atoms with Gasteiger partial charge in [0.05, 0.1) is 32.3 Å². The molecule has 0 unspecified atom stereocenters. The predicted molar refractivity (Wildman–Crippen MR) is 142 cm³/mol. The third-order valence-electron chi connectivity index (χ3n) is 5.16. The molecule has 4 aromatic rings. The number of nitrogens with one attached hydrogen (secondary N) is 1. The summed E-state index contributed by atoms with van der Waals surface area (Å²) in [4.78, 5) is 12.8. The van der Waals surface area contributed by atoms with Gasteiger partial charge >= 0.3 is 0 Å². The van der Waals surface area contributed by atoms with Crippen LogP contribution in [0.4, 0.5) is 5.69 Å². The van der Waals surface area contributed by atoms with Gasteiger partial charge in [-0.2, -0.15) is 0 Å². The van der Waals surface area contributed by atoms with Crippen LogP contribution in [-0.2, 0) is 4.79 Å². The number of anilines is 1. The van der Waals surface area contributed by atoms with E-state index in [2.05, 4.69) is 15.5 Å². The maximum atomic E-state index is 12.8. The van der Waals surface area contributed by atoms with Crippen LogP contribution < -0.4 is 19.5 Å². The topological polar surface area (TPSA) is 87.5 Å². The summed E-state index contributed by atoms with van der Waals surface area (Å²) in [6.07, 6.45) is 0. The Morgan fingerprint density at radius 3 is 2.36 bits per heavy atom. The van der Waals surface area contributed by atoms with Gasteiger partial charge < -0.3 is 19.5 Å². The summed E-state index contributed by atoms with van der Waals surface area (Å²) in [6, 6.07) is 20.2. The van der Waals surface area contributed by atoms with Gasteiger partial charge in [0.1, 0.15) is 17.2 Å². The zero-order valence-corrected chi connectivity index (χ0v) is 21.6. The molecule has 1 amide bonds. The number of nitrogens with zero attached hydrogens (tertiary/aromatic N) is 3. The highest BCUT2D eigenvalue weighted by molar-refractivity contribution is 7.99. The highest BCUT2D eigenvalue weighted by Gasteiger charge is 2.18. The molecule has 0 fully saturated rings. The van der Waals surface area contributed by atoms with Gasteiger partial charge in [-0.05, 0) is 67.6 Å². The van der Waals surface area contributed by atoms with Gasteiger partial charge in [-0.3, -0.25) is 9.36 Å². The standard InChI is InChI=1S/C26H25ClN4O4S/c1-4-35-20-11-9-19(10-12-20)31-25(17-5-7-18(27)8-6-17)29-30-26(31)36-16-24(32)28-22-14-13-21(33-2)15-23(22)34-3/h5-15H,4,16H2,1-3H3,(H,28,32). The number of hydrogen-bond donors (Lipinski definition) is 1. The first-order valence-electron chi connectivity index (χ1n) is 11.1. The summed E-state index contributed by atoms with van der Waals surface area (Å²) in [5, 5.41) is 12.9. The van der Waals surface area contributed by atoms with Gasteiger partial charge in [-0.1, -0.05) is 23.4 Å². The minimum absolute atomic E-state index is 0.116. The molecule has 0 saturated heterocycles. The molecule has 4 rings (SSSR count). The molecule has 0 aliphatic rings. The van der Waals surface area contributed by atoms with Crippen LogP contribution in [0.15, 0.2) is 71.9 Å². The number of amides is 1. The van der Waals surface area contributed by atoms with Crippen LogP contribution in [0.1, 0.15) is 6.92 Å². The fourth-order valence-electron chi connectivity index (χ4n) is 3.46. The predicted octanol–water partition coefficient (Wildman–Crippen LogP) is 5.73. The van der Waals surface area contributed by atoms with Crippen LogP contribution in [-0.4, -0.2) is 47.3 Å². The summed E-state index contributed by atoms with van der Waals surface area (Å²) in [5.41, 5.74) is 2.24. The van der Waals surface area contributed by atoms with Crippen molar-refractivity contribution in [2.45, 2.75) is 12.1 Å². The van der Waals surface area contributed by atoms with E-state index in [1.165, 1.54) is 18.9 Å². The summed E-state index contributed by atoms with van der Waals surface area (Å²) in [5.74, 6) is 2.45. The molecule has 186 valence electrons. The summed E-state index contributed by atoms with van der Waals surface area (Å²) >= 11 is 7.35. The second-order valence-corrected chi connectivity index (χ2v) is 8.86. The Labute approximate surface area is 218 Å². The van der Waals surface area contributed by atoms with E-state index in [0.29, 0.717) is 39.8 Å². The van der Waals surface area contributed by atoms with Crippen molar-refractivity contribution in [3.8, 4) is 34.3 Å². The first-order valence-corrected chi connectivity index (χ1v) is 12.5. The number of ether oxygens (including phenoxy) is 3. The number of carbonyl (C=O) groups is 1.